The molecule has 0 fully saturated rings. The predicted molar refractivity (Wildman–Crippen MR) is 132 cm³/mol. The van der Waals surface area contributed by atoms with Crippen LogP contribution in [0.25, 0.3) is 0 Å². The highest BCUT2D eigenvalue weighted by Gasteiger charge is 2.43. The van der Waals surface area contributed by atoms with E-state index in [0.29, 0.717) is 17.5 Å². The molecule has 2 aromatic carbocycles. The fourth-order valence-corrected chi connectivity index (χ4v) is 4.22. The van der Waals surface area contributed by atoms with Crippen LogP contribution >= 0.6 is 0 Å². The van der Waals surface area contributed by atoms with Gasteiger partial charge in [-0.2, -0.15) is 0 Å². The van der Waals surface area contributed by atoms with Crippen molar-refractivity contribution in [2.45, 2.75) is 52.1 Å². The zero-order valence-electron chi connectivity index (χ0n) is 19.3. The summed E-state index contributed by atoms with van der Waals surface area (Å²) in [5.41, 5.74) is 0.537. The Balaban J connectivity index is 2.28. The first-order chi connectivity index (χ1) is 15.5. The maximum absolute atomic E-state index is 16.4. The Labute approximate surface area is 192 Å². The summed E-state index contributed by atoms with van der Waals surface area (Å²) in [6.07, 6.45) is 7.55. The highest BCUT2D eigenvalue weighted by atomic mass is 19.1. The minimum Gasteiger partial charge on any atom is -0.234 e. The van der Waals surface area contributed by atoms with E-state index in [0.717, 1.165) is 17.6 Å². The maximum Gasteiger partial charge on any atom is 0.158 e. The molecular weight excluding hydrogens is 391 g/mol. The average Bonchev–Trinajstić information content (AvgIpc) is 2.82. The van der Waals surface area contributed by atoms with Gasteiger partial charge in [0.15, 0.2) is 5.67 Å². The molecule has 0 heterocycles. The van der Waals surface area contributed by atoms with E-state index in [9.17, 15) is 0 Å². The molecule has 0 N–H and O–H groups in total. The number of benzene rings is 2. The number of hydrogen-bond acceptors (Lipinski definition) is 0. The second kappa shape index (κ2) is 10.2. The molecule has 0 spiro atoms. The van der Waals surface area contributed by atoms with Gasteiger partial charge in [-0.15, -0.1) is 11.8 Å². The second-order valence-corrected chi connectivity index (χ2v) is 7.89. The maximum atomic E-state index is 16.4. The first-order valence-electron chi connectivity index (χ1n) is 11.2. The number of alkyl halides is 1. The molecule has 160 valence electrons. The first kappa shape index (κ1) is 23.2. The predicted octanol–water partition coefficient (Wildman–Crippen LogP) is 7.34. The molecule has 0 amide bonds. The monoisotopic (exact) mass is 420 g/mol. The molecule has 0 aromatic heterocycles. The van der Waals surface area contributed by atoms with Gasteiger partial charge in [0.05, 0.1) is 0 Å². The number of rotatable bonds is 3. The van der Waals surface area contributed by atoms with Crippen LogP contribution in [0.2, 0.25) is 0 Å². The third kappa shape index (κ3) is 4.42. The van der Waals surface area contributed by atoms with Gasteiger partial charge in [0.25, 0.3) is 0 Å². The van der Waals surface area contributed by atoms with Crippen LogP contribution in [0, 0.1) is 40.9 Å². The zero-order chi connectivity index (χ0) is 23.0. The molecule has 0 nitrogen and oxygen atoms in total. The molecule has 3 rings (SSSR count). The van der Waals surface area contributed by atoms with E-state index in [1.165, 1.54) is 0 Å². The summed E-state index contributed by atoms with van der Waals surface area (Å²) >= 11 is 0. The summed E-state index contributed by atoms with van der Waals surface area (Å²) in [7, 11) is 0. The Morgan fingerprint density at radius 1 is 0.938 bits per heavy atom. The molecule has 0 radical (unpaired) electrons. The van der Waals surface area contributed by atoms with Crippen molar-refractivity contribution in [3.8, 4) is 35.5 Å². The summed E-state index contributed by atoms with van der Waals surface area (Å²) in [5.74, 6) is 19.4. The molecule has 0 aliphatic heterocycles. The van der Waals surface area contributed by atoms with Crippen LogP contribution in [0.3, 0.4) is 0 Å². The minimum absolute atomic E-state index is 0.241. The lowest BCUT2D eigenvalue weighted by Gasteiger charge is -2.36. The van der Waals surface area contributed by atoms with Gasteiger partial charge in [-0.25, -0.2) is 4.39 Å². The van der Waals surface area contributed by atoms with E-state index >= 15 is 4.39 Å². The van der Waals surface area contributed by atoms with E-state index < -0.39 is 11.1 Å². The van der Waals surface area contributed by atoms with Gasteiger partial charge in [-0.3, -0.25) is 0 Å². The summed E-state index contributed by atoms with van der Waals surface area (Å²) in [5, 5.41) is 0. The largest absolute Gasteiger partial charge is 0.234 e. The van der Waals surface area contributed by atoms with Crippen molar-refractivity contribution in [3.05, 3.63) is 95.1 Å². The standard InChI is InChI=1S/C31H29F/c1-5-8-16-26-19-15-22-29(31(26,23-7-3)24-9-6-2)27-20-13-14-21-28(27)30(4,32)25-17-11-10-12-18-25/h10-15,17-22,29H,5-6H2,1-4H3. The number of allylic oxidation sites excluding steroid dienone is 4. The third-order valence-corrected chi connectivity index (χ3v) is 5.76. The van der Waals surface area contributed by atoms with Gasteiger partial charge in [0, 0.05) is 24.3 Å². The molecule has 0 saturated carbocycles. The Morgan fingerprint density at radius 3 is 2.31 bits per heavy atom. The van der Waals surface area contributed by atoms with E-state index in [4.69, 9.17) is 0 Å². The van der Waals surface area contributed by atoms with Crippen LogP contribution in [-0.4, -0.2) is 0 Å². The average molecular weight is 421 g/mol. The van der Waals surface area contributed by atoms with E-state index in [1.54, 1.807) is 6.92 Å². The van der Waals surface area contributed by atoms with Crippen LogP contribution in [0.1, 0.15) is 63.1 Å². The smallest absolute Gasteiger partial charge is 0.158 e. The number of hydrogen-bond donors (Lipinski definition) is 0. The Morgan fingerprint density at radius 2 is 1.62 bits per heavy atom. The van der Waals surface area contributed by atoms with Crippen molar-refractivity contribution in [2.75, 3.05) is 0 Å². The topological polar surface area (TPSA) is 0 Å². The molecule has 1 aliphatic rings. The lowest BCUT2D eigenvalue weighted by Crippen LogP contribution is -2.31. The van der Waals surface area contributed by atoms with Crippen molar-refractivity contribution in [3.63, 3.8) is 0 Å². The van der Waals surface area contributed by atoms with Gasteiger partial charge in [0.1, 0.15) is 5.41 Å². The fourth-order valence-electron chi connectivity index (χ4n) is 4.22. The van der Waals surface area contributed by atoms with Gasteiger partial charge >= 0.3 is 0 Å². The van der Waals surface area contributed by atoms with Crippen molar-refractivity contribution >= 4 is 0 Å². The highest BCUT2D eigenvalue weighted by molar-refractivity contribution is 5.59. The number of halogens is 1. The van der Waals surface area contributed by atoms with Gasteiger partial charge in [-0.05, 0) is 36.6 Å². The summed E-state index contributed by atoms with van der Waals surface area (Å²) in [6, 6.07) is 17.0. The zero-order valence-corrected chi connectivity index (χ0v) is 19.3. The van der Waals surface area contributed by atoms with E-state index in [2.05, 4.69) is 41.6 Å². The molecule has 3 atom stereocenters. The van der Waals surface area contributed by atoms with Crippen molar-refractivity contribution in [2.24, 2.45) is 5.41 Å². The summed E-state index contributed by atoms with van der Waals surface area (Å²) in [6.45, 7) is 7.51. The van der Waals surface area contributed by atoms with E-state index in [-0.39, 0.29) is 5.92 Å². The molecule has 32 heavy (non-hydrogen) atoms. The fraction of sp³-hybridized carbons (Fsp3) is 0.290. The molecule has 1 heteroatoms. The van der Waals surface area contributed by atoms with E-state index in [1.807, 2.05) is 87.5 Å². The molecular formula is C31H29F. The van der Waals surface area contributed by atoms with Crippen LogP contribution in [0.15, 0.2) is 78.4 Å². The molecule has 3 unspecified atom stereocenters. The summed E-state index contributed by atoms with van der Waals surface area (Å²) < 4.78 is 16.4. The van der Waals surface area contributed by atoms with Gasteiger partial charge in [0.2, 0.25) is 0 Å². The summed E-state index contributed by atoms with van der Waals surface area (Å²) in [4.78, 5) is 0. The highest BCUT2D eigenvalue weighted by Crippen LogP contribution is 2.48. The van der Waals surface area contributed by atoms with Crippen LogP contribution in [0.4, 0.5) is 4.39 Å². The van der Waals surface area contributed by atoms with Crippen molar-refractivity contribution < 1.29 is 4.39 Å². The Hall–Kier alpha value is -3.47. The quantitative estimate of drug-likeness (QED) is 0.456. The SMILES string of the molecule is CC#CC1(C#CCC)C(C#CCC)=CC=CC1c1ccccc1C(C)(F)c1ccccc1. The van der Waals surface area contributed by atoms with Crippen LogP contribution in [-0.2, 0) is 5.67 Å². The van der Waals surface area contributed by atoms with Crippen molar-refractivity contribution in [1.29, 1.82) is 0 Å². The Kier molecular flexibility index (Phi) is 7.41. The lowest BCUT2D eigenvalue weighted by molar-refractivity contribution is 0.248. The van der Waals surface area contributed by atoms with Gasteiger partial charge < -0.3 is 0 Å². The molecule has 0 saturated heterocycles. The normalized spacial score (nSPS) is 20.9. The van der Waals surface area contributed by atoms with Crippen LogP contribution < -0.4 is 0 Å². The lowest BCUT2D eigenvalue weighted by atomic mass is 9.64. The minimum atomic E-state index is -1.66. The molecule has 0 bridgehead atoms. The Bertz CT molecular complexity index is 1190. The molecule has 1 aliphatic carbocycles. The second-order valence-electron chi connectivity index (χ2n) is 7.89. The van der Waals surface area contributed by atoms with Crippen LogP contribution in [0.5, 0.6) is 0 Å². The van der Waals surface area contributed by atoms with Crippen molar-refractivity contribution in [1.82, 2.24) is 0 Å². The first-order valence-corrected chi connectivity index (χ1v) is 11.2. The molecule has 2 aromatic rings. The third-order valence-electron chi connectivity index (χ3n) is 5.76. The van der Waals surface area contributed by atoms with Gasteiger partial charge in [-0.1, -0.05) is 104 Å².